The van der Waals surface area contributed by atoms with Crippen molar-refractivity contribution in [2.45, 2.75) is 44.4 Å². The second kappa shape index (κ2) is 8.57. The Labute approximate surface area is 163 Å². The van der Waals surface area contributed by atoms with E-state index in [1.54, 1.807) is 16.4 Å². The van der Waals surface area contributed by atoms with Gasteiger partial charge in [-0.25, -0.2) is 8.42 Å². The van der Waals surface area contributed by atoms with Gasteiger partial charge in [0.05, 0.1) is 10.6 Å². The highest BCUT2D eigenvalue weighted by Crippen LogP contribution is 2.34. The number of sulfonamides is 1. The van der Waals surface area contributed by atoms with Crippen molar-refractivity contribution in [3.8, 4) is 0 Å². The fraction of sp³-hybridized carbons (Fsp3) is 0.304. The van der Waals surface area contributed by atoms with E-state index in [1.165, 1.54) is 0 Å². The van der Waals surface area contributed by atoms with Gasteiger partial charge in [0.15, 0.2) is 0 Å². The first-order valence-electron chi connectivity index (χ1n) is 9.58. The third kappa shape index (κ3) is 4.33. The average Bonchev–Trinajstić information content (AvgIpc) is 2.90. The lowest BCUT2D eigenvalue weighted by atomic mass is 10.0. The van der Waals surface area contributed by atoms with Crippen LogP contribution in [-0.4, -0.2) is 19.3 Å². The number of nitrogens with zero attached hydrogens (tertiary/aromatic N) is 1. The topological polar surface area (TPSA) is 37.4 Å². The highest BCUT2D eigenvalue weighted by atomic mass is 32.2. The Morgan fingerprint density at radius 2 is 1.70 bits per heavy atom. The molecule has 1 aliphatic rings. The van der Waals surface area contributed by atoms with E-state index in [0.29, 0.717) is 17.9 Å². The zero-order valence-electron chi connectivity index (χ0n) is 16.1. The SMILES string of the molecule is CCCCC1=C(c2ccccc2)N(S(=O)(=O)c2ccc(C)cc2)CCC=C1. The molecule has 0 spiro atoms. The summed E-state index contributed by atoms with van der Waals surface area (Å²) in [7, 11) is -3.62. The minimum Gasteiger partial charge on any atom is -0.265 e. The van der Waals surface area contributed by atoms with Crippen LogP contribution in [0.2, 0.25) is 0 Å². The summed E-state index contributed by atoms with van der Waals surface area (Å²) in [6, 6.07) is 17.0. The van der Waals surface area contributed by atoms with Crippen molar-refractivity contribution < 1.29 is 8.42 Å². The summed E-state index contributed by atoms with van der Waals surface area (Å²) in [5, 5.41) is 0. The molecule has 0 aromatic heterocycles. The lowest BCUT2D eigenvalue weighted by molar-refractivity contribution is 0.513. The van der Waals surface area contributed by atoms with Crippen molar-refractivity contribution in [3.05, 3.63) is 83.4 Å². The molecule has 2 aromatic rings. The highest BCUT2D eigenvalue weighted by molar-refractivity contribution is 7.89. The fourth-order valence-electron chi connectivity index (χ4n) is 3.34. The summed E-state index contributed by atoms with van der Waals surface area (Å²) < 4.78 is 28.6. The van der Waals surface area contributed by atoms with Gasteiger partial charge in [0, 0.05) is 6.54 Å². The lowest BCUT2D eigenvalue weighted by Crippen LogP contribution is -2.31. The number of aryl methyl sites for hydroxylation is 1. The number of hydrogen-bond donors (Lipinski definition) is 0. The molecule has 0 bridgehead atoms. The van der Waals surface area contributed by atoms with E-state index in [-0.39, 0.29) is 0 Å². The summed E-state index contributed by atoms with van der Waals surface area (Å²) in [6.07, 6.45) is 7.90. The van der Waals surface area contributed by atoms with E-state index >= 15 is 0 Å². The Balaban J connectivity index is 2.15. The van der Waals surface area contributed by atoms with Crippen LogP contribution in [0, 0.1) is 6.92 Å². The summed E-state index contributed by atoms with van der Waals surface area (Å²) in [5.41, 5.74) is 3.91. The summed E-state index contributed by atoms with van der Waals surface area (Å²) in [6.45, 7) is 4.57. The van der Waals surface area contributed by atoms with Crippen LogP contribution in [0.15, 0.2) is 77.2 Å². The molecule has 142 valence electrons. The number of hydrogen-bond acceptors (Lipinski definition) is 2. The molecule has 1 heterocycles. The zero-order chi connectivity index (χ0) is 19.3. The Kier molecular flexibility index (Phi) is 6.17. The first-order valence-corrected chi connectivity index (χ1v) is 11.0. The molecular weight excluding hydrogens is 354 g/mol. The molecule has 3 nitrogen and oxygen atoms in total. The van der Waals surface area contributed by atoms with Crippen LogP contribution in [0.1, 0.15) is 43.7 Å². The van der Waals surface area contributed by atoms with Gasteiger partial charge in [0.1, 0.15) is 0 Å². The van der Waals surface area contributed by atoms with Crippen molar-refractivity contribution in [2.24, 2.45) is 0 Å². The van der Waals surface area contributed by atoms with E-state index < -0.39 is 10.0 Å². The quantitative estimate of drug-likeness (QED) is 0.658. The number of rotatable bonds is 6. The molecule has 0 saturated carbocycles. The third-order valence-electron chi connectivity index (χ3n) is 4.83. The van der Waals surface area contributed by atoms with Crippen molar-refractivity contribution >= 4 is 15.7 Å². The number of allylic oxidation sites excluding steroid dienone is 2. The molecule has 0 atom stereocenters. The molecule has 2 aromatic carbocycles. The minimum absolute atomic E-state index is 0.346. The molecule has 0 radical (unpaired) electrons. The zero-order valence-corrected chi connectivity index (χ0v) is 16.9. The predicted molar refractivity (Wildman–Crippen MR) is 112 cm³/mol. The molecule has 0 fully saturated rings. The van der Waals surface area contributed by atoms with Crippen LogP contribution >= 0.6 is 0 Å². The Bertz CT molecular complexity index is 926. The fourth-order valence-corrected chi connectivity index (χ4v) is 4.88. The highest BCUT2D eigenvalue weighted by Gasteiger charge is 2.29. The summed E-state index contributed by atoms with van der Waals surface area (Å²) in [5.74, 6) is 0. The maximum atomic E-state index is 13.5. The van der Waals surface area contributed by atoms with E-state index in [0.717, 1.165) is 41.7 Å². The van der Waals surface area contributed by atoms with E-state index in [1.807, 2.05) is 49.4 Å². The standard InChI is InChI=1S/C23H27NO2S/c1-3-4-10-20-13-8-9-18-24(23(20)21-11-6-5-7-12-21)27(25,26)22-16-14-19(2)15-17-22/h5-8,11-17H,3-4,9-10,18H2,1-2H3. The first-order chi connectivity index (χ1) is 13.0. The molecule has 0 N–H and O–H groups in total. The predicted octanol–water partition coefficient (Wildman–Crippen LogP) is 5.55. The van der Waals surface area contributed by atoms with E-state index in [9.17, 15) is 8.42 Å². The molecule has 1 aliphatic heterocycles. The van der Waals surface area contributed by atoms with Gasteiger partial charge in [-0.15, -0.1) is 0 Å². The van der Waals surface area contributed by atoms with E-state index in [2.05, 4.69) is 19.1 Å². The smallest absolute Gasteiger partial charge is 0.264 e. The second-order valence-corrected chi connectivity index (χ2v) is 8.79. The van der Waals surface area contributed by atoms with Gasteiger partial charge in [-0.3, -0.25) is 4.31 Å². The lowest BCUT2D eigenvalue weighted by Gasteiger charge is -2.28. The van der Waals surface area contributed by atoms with E-state index in [4.69, 9.17) is 0 Å². The Hall–Kier alpha value is -2.33. The normalized spacial score (nSPS) is 15.1. The van der Waals surface area contributed by atoms with Crippen LogP contribution in [0.4, 0.5) is 0 Å². The van der Waals surface area contributed by atoms with Crippen molar-refractivity contribution in [1.82, 2.24) is 4.31 Å². The van der Waals surface area contributed by atoms with Crippen molar-refractivity contribution in [3.63, 3.8) is 0 Å². The Morgan fingerprint density at radius 3 is 2.37 bits per heavy atom. The maximum absolute atomic E-state index is 13.5. The summed E-state index contributed by atoms with van der Waals surface area (Å²) in [4.78, 5) is 0.346. The molecular formula is C23H27NO2S. The first kappa shape index (κ1) is 19.4. The number of benzene rings is 2. The molecule has 3 rings (SSSR count). The van der Waals surface area contributed by atoms with Gasteiger partial charge in [0.2, 0.25) is 0 Å². The molecule has 0 unspecified atom stereocenters. The molecule has 27 heavy (non-hydrogen) atoms. The summed E-state index contributed by atoms with van der Waals surface area (Å²) >= 11 is 0. The molecule has 0 amide bonds. The van der Waals surface area contributed by atoms with Crippen LogP contribution in [-0.2, 0) is 10.0 Å². The van der Waals surface area contributed by atoms with Crippen LogP contribution in [0.5, 0.6) is 0 Å². The van der Waals surface area contributed by atoms with Crippen LogP contribution in [0.25, 0.3) is 5.70 Å². The van der Waals surface area contributed by atoms with Crippen molar-refractivity contribution in [2.75, 3.05) is 6.54 Å². The van der Waals surface area contributed by atoms with Gasteiger partial charge >= 0.3 is 0 Å². The Morgan fingerprint density at radius 1 is 1.00 bits per heavy atom. The second-order valence-electron chi connectivity index (χ2n) is 6.92. The van der Waals surface area contributed by atoms with Gasteiger partial charge < -0.3 is 0 Å². The van der Waals surface area contributed by atoms with Gasteiger partial charge in [0.25, 0.3) is 10.0 Å². The van der Waals surface area contributed by atoms with Crippen LogP contribution in [0.3, 0.4) is 0 Å². The minimum atomic E-state index is -3.62. The maximum Gasteiger partial charge on any atom is 0.264 e. The van der Waals surface area contributed by atoms with Gasteiger partial charge in [-0.2, -0.15) is 0 Å². The monoisotopic (exact) mass is 381 g/mol. The van der Waals surface area contributed by atoms with Crippen LogP contribution < -0.4 is 0 Å². The van der Waals surface area contributed by atoms with Gasteiger partial charge in [-0.05, 0) is 49.5 Å². The average molecular weight is 382 g/mol. The molecule has 4 heteroatoms. The molecule has 0 aliphatic carbocycles. The number of unbranched alkanes of at least 4 members (excludes halogenated alkanes) is 1. The third-order valence-corrected chi connectivity index (χ3v) is 6.64. The molecule has 0 saturated heterocycles. The van der Waals surface area contributed by atoms with Gasteiger partial charge in [-0.1, -0.05) is 73.5 Å². The largest absolute Gasteiger partial charge is 0.265 e. The van der Waals surface area contributed by atoms with Crippen molar-refractivity contribution in [1.29, 1.82) is 0 Å².